The van der Waals surface area contributed by atoms with Crippen molar-refractivity contribution in [3.8, 4) is 5.88 Å². The molecule has 0 atom stereocenters. The SMILES string of the molecule is CCOc1cc(C)nc(N2CCN(C(=O)c3ccsc3)CC2)n1. The van der Waals surface area contributed by atoms with Crippen LogP contribution in [0.3, 0.4) is 0 Å². The summed E-state index contributed by atoms with van der Waals surface area (Å²) in [7, 11) is 0. The highest BCUT2D eigenvalue weighted by atomic mass is 32.1. The van der Waals surface area contributed by atoms with Crippen molar-refractivity contribution in [2.45, 2.75) is 13.8 Å². The highest BCUT2D eigenvalue weighted by Crippen LogP contribution is 2.18. The van der Waals surface area contributed by atoms with E-state index in [0.29, 0.717) is 31.5 Å². The van der Waals surface area contributed by atoms with Gasteiger partial charge in [-0.1, -0.05) is 0 Å². The highest BCUT2D eigenvalue weighted by Gasteiger charge is 2.24. The first-order valence-corrected chi connectivity index (χ1v) is 8.66. The first-order valence-electron chi connectivity index (χ1n) is 7.72. The lowest BCUT2D eigenvalue weighted by molar-refractivity contribution is 0.0746. The van der Waals surface area contributed by atoms with Crippen molar-refractivity contribution in [1.29, 1.82) is 0 Å². The van der Waals surface area contributed by atoms with Gasteiger partial charge in [-0.2, -0.15) is 16.3 Å². The van der Waals surface area contributed by atoms with Gasteiger partial charge in [0.05, 0.1) is 12.2 Å². The average molecular weight is 332 g/mol. The normalized spacial score (nSPS) is 14.9. The number of amides is 1. The van der Waals surface area contributed by atoms with Crippen LogP contribution in [0, 0.1) is 6.92 Å². The second-order valence-corrected chi connectivity index (χ2v) is 6.15. The van der Waals surface area contributed by atoms with Crippen LogP contribution in [0.25, 0.3) is 0 Å². The molecule has 1 amide bonds. The highest BCUT2D eigenvalue weighted by molar-refractivity contribution is 7.08. The molecule has 1 aliphatic heterocycles. The largest absolute Gasteiger partial charge is 0.478 e. The number of ether oxygens (including phenoxy) is 1. The number of nitrogens with zero attached hydrogens (tertiary/aromatic N) is 4. The molecule has 6 nitrogen and oxygen atoms in total. The van der Waals surface area contributed by atoms with Gasteiger partial charge in [-0.3, -0.25) is 4.79 Å². The summed E-state index contributed by atoms with van der Waals surface area (Å²) in [6.45, 7) is 7.26. The molecule has 0 bridgehead atoms. The van der Waals surface area contributed by atoms with Gasteiger partial charge >= 0.3 is 0 Å². The van der Waals surface area contributed by atoms with Crippen LogP contribution in [-0.4, -0.2) is 53.6 Å². The van der Waals surface area contributed by atoms with Crippen molar-refractivity contribution >= 4 is 23.2 Å². The number of hydrogen-bond donors (Lipinski definition) is 0. The standard InChI is InChI=1S/C16H20N4O2S/c1-3-22-14-10-12(2)17-16(18-14)20-7-5-19(6-8-20)15(21)13-4-9-23-11-13/h4,9-11H,3,5-8H2,1-2H3. The van der Waals surface area contributed by atoms with Gasteiger partial charge in [-0.25, -0.2) is 4.98 Å². The molecular weight excluding hydrogens is 312 g/mol. The van der Waals surface area contributed by atoms with Crippen LogP contribution >= 0.6 is 11.3 Å². The molecule has 23 heavy (non-hydrogen) atoms. The summed E-state index contributed by atoms with van der Waals surface area (Å²) in [5.41, 5.74) is 1.66. The molecule has 0 spiro atoms. The number of anilines is 1. The van der Waals surface area contributed by atoms with Crippen LogP contribution < -0.4 is 9.64 Å². The summed E-state index contributed by atoms with van der Waals surface area (Å²) in [6.07, 6.45) is 0. The lowest BCUT2D eigenvalue weighted by Gasteiger charge is -2.34. The van der Waals surface area contributed by atoms with Gasteiger partial charge in [0.2, 0.25) is 11.8 Å². The van der Waals surface area contributed by atoms with Crippen LogP contribution in [0.15, 0.2) is 22.9 Å². The summed E-state index contributed by atoms with van der Waals surface area (Å²) in [6, 6.07) is 3.71. The quantitative estimate of drug-likeness (QED) is 0.859. The van der Waals surface area contributed by atoms with E-state index in [4.69, 9.17) is 4.74 Å². The van der Waals surface area contributed by atoms with Crippen LogP contribution in [0.1, 0.15) is 23.0 Å². The van der Waals surface area contributed by atoms with Crippen LogP contribution in [0.5, 0.6) is 5.88 Å². The van der Waals surface area contributed by atoms with Gasteiger partial charge < -0.3 is 14.5 Å². The number of thiophene rings is 1. The Kier molecular flexibility index (Phi) is 4.76. The second kappa shape index (κ2) is 6.95. The van der Waals surface area contributed by atoms with E-state index in [1.54, 1.807) is 11.3 Å². The zero-order chi connectivity index (χ0) is 16.2. The third-order valence-corrected chi connectivity index (χ3v) is 4.41. The third-order valence-electron chi connectivity index (χ3n) is 3.73. The number of aromatic nitrogens is 2. The van der Waals surface area contributed by atoms with Gasteiger partial charge in [0, 0.05) is 43.3 Å². The topological polar surface area (TPSA) is 58.6 Å². The fraction of sp³-hybridized carbons (Fsp3) is 0.438. The minimum atomic E-state index is 0.103. The number of hydrogen-bond acceptors (Lipinski definition) is 6. The average Bonchev–Trinajstić information content (AvgIpc) is 3.08. The zero-order valence-corrected chi connectivity index (χ0v) is 14.2. The maximum atomic E-state index is 12.4. The Hall–Kier alpha value is -2.15. The Bertz CT molecular complexity index is 667. The Morgan fingerprint density at radius 3 is 2.74 bits per heavy atom. The van der Waals surface area contributed by atoms with Crippen LogP contribution in [-0.2, 0) is 0 Å². The number of carbonyl (C=O) groups excluding carboxylic acids is 1. The fourth-order valence-electron chi connectivity index (χ4n) is 2.57. The Morgan fingerprint density at radius 1 is 1.30 bits per heavy atom. The maximum Gasteiger partial charge on any atom is 0.254 e. The number of rotatable bonds is 4. The van der Waals surface area contributed by atoms with Crippen molar-refractivity contribution in [2.75, 3.05) is 37.7 Å². The fourth-order valence-corrected chi connectivity index (χ4v) is 3.20. The summed E-state index contributed by atoms with van der Waals surface area (Å²) in [4.78, 5) is 25.3. The van der Waals surface area contributed by atoms with E-state index in [-0.39, 0.29) is 5.91 Å². The van der Waals surface area contributed by atoms with Gasteiger partial charge in [0.15, 0.2) is 0 Å². The number of aryl methyl sites for hydroxylation is 1. The molecular formula is C16H20N4O2S. The Labute approximate surface area is 139 Å². The molecule has 0 unspecified atom stereocenters. The zero-order valence-electron chi connectivity index (χ0n) is 13.4. The van der Waals surface area contributed by atoms with Crippen molar-refractivity contribution in [2.24, 2.45) is 0 Å². The minimum Gasteiger partial charge on any atom is -0.478 e. The molecule has 0 aromatic carbocycles. The van der Waals surface area contributed by atoms with Crippen molar-refractivity contribution in [3.05, 3.63) is 34.2 Å². The molecule has 122 valence electrons. The van der Waals surface area contributed by atoms with Crippen LogP contribution in [0.4, 0.5) is 5.95 Å². The van der Waals surface area contributed by atoms with E-state index in [9.17, 15) is 4.79 Å². The Balaban J connectivity index is 1.66. The summed E-state index contributed by atoms with van der Waals surface area (Å²) >= 11 is 1.55. The lowest BCUT2D eigenvalue weighted by atomic mass is 10.2. The van der Waals surface area contributed by atoms with Gasteiger partial charge in [0.1, 0.15) is 0 Å². The van der Waals surface area contributed by atoms with Crippen molar-refractivity contribution < 1.29 is 9.53 Å². The first-order chi connectivity index (χ1) is 11.2. The maximum absolute atomic E-state index is 12.4. The molecule has 0 N–H and O–H groups in total. The monoisotopic (exact) mass is 332 g/mol. The smallest absolute Gasteiger partial charge is 0.254 e. The van der Waals surface area contributed by atoms with E-state index in [2.05, 4.69) is 14.9 Å². The van der Waals surface area contributed by atoms with E-state index in [1.807, 2.05) is 41.6 Å². The van der Waals surface area contributed by atoms with Crippen LogP contribution in [0.2, 0.25) is 0 Å². The second-order valence-electron chi connectivity index (χ2n) is 5.37. The molecule has 1 fully saturated rings. The molecule has 1 aliphatic rings. The van der Waals surface area contributed by atoms with E-state index in [0.717, 1.165) is 24.3 Å². The first kappa shape index (κ1) is 15.7. The van der Waals surface area contributed by atoms with Gasteiger partial charge in [-0.15, -0.1) is 0 Å². The predicted molar refractivity (Wildman–Crippen MR) is 90.4 cm³/mol. The minimum absolute atomic E-state index is 0.103. The third kappa shape index (κ3) is 3.61. The lowest BCUT2D eigenvalue weighted by Crippen LogP contribution is -2.49. The van der Waals surface area contributed by atoms with Gasteiger partial charge in [-0.05, 0) is 25.3 Å². The van der Waals surface area contributed by atoms with E-state index >= 15 is 0 Å². The van der Waals surface area contributed by atoms with Crippen molar-refractivity contribution in [1.82, 2.24) is 14.9 Å². The molecule has 3 rings (SSSR count). The predicted octanol–water partition coefficient (Wildman–Crippen LogP) is 2.21. The molecule has 0 saturated carbocycles. The summed E-state index contributed by atoms with van der Waals surface area (Å²) < 4.78 is 5.49. The molecule has 0 aliphatic carbocycles. The Morgan fingerprint density at radius 2 is 2.09 bits per heavy atom. The molecule has 2 aromatic heterocycles. The molecule has 2 aromatic rings. The molecule has 3 heterocycles. The molecule has 0 radical (unpaired) electrons. The van der Waals surface area contributed by atoms with E-state index in [1.165, 1.54) is 0 Å². The summed E-state index contributed by atoms with van der Waals surface area (Å²) in [5, 5.41) is 3.83. The summed E-state index contributed by atoms with van der Waals surface area (Å²) in [5.74, 6) is 1.38. The number of carbonyl (C=O) groups is 1. The number of piperazine rings is 1. The van der Waals surface area contributed by atoms with Gasteiger partial charge in [0.25, 0.3) is 5.91 Å². The van der Waals surface area contributed by atoms with E-state index < -0.39 is 0 Å². The molecule has 7 heteroatoms. The van der Waals surface area contributed by atoms with Crippen molar-refractivity contribution in [3.63, 3.8) is 0 Å². The molecule has 1 saturated heterocycles.